The Morgan fingerprint density at radius 3 is 1.59 bits per heavy atom. The second-order valence-electron chi connectivity index (χ2n) is 7.39. The lowest BCUT2D eigenvalue weighted by Crippen LogP contribution is -1.97. The summed E-state index contributed by atoms with van der Waals surface area (Å²) in [4.78, 5) is 16.7. The van der Waals surface area contributed by atoms with E-state index in [2.05, 4.69) is 101 Å². The normalized spacial score (nSPS) is 14.9. The number of hydrogen-bond donors (Lipinski definition) is 2. The molecule has 0 amide bonds. The van der Waals surface area contributed by atoms with Gasteiger partial charge in [-0.05, 0) is 66.8 Å². The van der Waals surface area contributed by atoms with Crippen LogP contribution in [0.1, 0.15) is 34.3 Å². The zero-order chi connectivity index (χ0) is 19.2. The summed E-state index contributed by atoms with van der Waals surface area (Å²) >= 11 is 0. The molecule has 0 aromatic carbocycles. The maximum Gasteiger partial charge on any atom is 0.0700 e. The fraction of sp³-hybridized carbons (Fsp3) is 0.0400. The molecule has 0 radical (unpaired) electrons. The second-order valence-corrected chi connectivity index (χ2v) is 7.39. The zero-order valence-corrected chi connectivity index (χ0v) is 15.6. The SMILES string of the molecule is C1=CC(c2c3nc(cc4ccc(cc5ccc(cc6nc2C=C6)[nH]5)[nH]4)C=C3)C=C1. The van der Waals surface area contributed by atoms with Crippen LogP contribution in [0.15, 0.2) is 66.8 Å². The Bertz CT molecular complexity index is 1310. The molecule has 2 N–H and O–H groups in total. The Labute approximate surface area is 167 Å². The molecular weight excluding hydrogens is 356 g/mol. The average Bonchev–Trinajstić information content (AvgIpc) is 3.51. The Hall–Kier alpha value is -3.92. The lowest BCUT2D eigenvalue weighted by molar-refractivity contribution is 1.05. The monoisotopic (exact) mass is 374 g/mol. The van der Waals surface area contributed by atoms with Gasteiger partial charge in [0.1, 0.15) is 0 Å². The fourth-order valence-corrected chi connectivity index (χ4v) is 4.00. The first kappa shape index (κ1) is 16.1. The molecule has 0 atom stereocenters. The number of aromatic amines is 2. The van der Waals surface area contributed by atoms with Crippen molar-refractivity contribution in [1.29, 1.82) is 0 Å². The van der Waals surface area contributed by atoms with Crippen molar-refractivity contribution >= 4 is 46.4 Å². The smallest absolute Gasteiger partial charge is 0.0700 e. The molecule has 8 bridgehead atoms. The molecule has 3 aromatic heterocycles. The van der Waals surface area contributed by atoms with Crippen molar-refractivity contribution in [1.82, 2.24) is 19.9 Å². The molecule has 0 fully saturated rings. The van der Waals surface area contributed by atoms with Crippen molar-refractivity contribution in [3.05, 3.63) is 95.1 Å². The van der Waals surface area contributed by atoms with E-state index in [1.165, 1.54) is 0 Å². The van der Waals surface area contributed by atoms with Crippen LogP contribution in [0, 0.1) is 0 Å². The lowest BCUT2D eigenvalue weighted by atomic mass is 9.97. The molecule has 4 nitrogen and oxygen atoms in total. The predicted octanol–water partition coefficient (Wildman–Crippen LogP) is 5.87. The molecule has 29 heavy (non-hydrogen) atoms. The van der Waals surface area contributed by atoms with Crippen molar-refractivity contribution in [3.8, 4) is 0 Å². The van der Waals surface area contributed by atoms with Gasteiger partial charge in [-0.15, -0.1) is 0 Å². The van der Waals surface area contributed by atoms with Gasteiger partial charge in [0.15, 0.2) is 0 Å². The molecule has 0 saturated heterocycles. The van der Waals surface area contributed by atoms with E-state index in [1.807, 2.05) is 0 Å². The van der Waals surface area contributed by atoms with Gasteiger partial charge >= 0.3 is 0 Å². The van der Waals surface area contributed by atoms with Crippen LogP contribution >= 0.6 is 0 Å². The third kappa shape index (κ3) is 2.95. The molecule has 5 heterocycles. The van der Waals surface area contributed by atoms with Gasteiger partial charge < -0.3 is 9.97 Å². The minimum absolute atomic E-state index is 0.183. The lowest BCUT2D eigenvalue weighted by Gasteiger charge is -2.08. The number of nitrogens with zero attached hydrogens (tertiary/aromatic N) is 2. The third-order valence-electron chi connectivity index (χ3n) is 5.34. The van der Waals surface area contributed by atoms with E-state index >= 15 is 0 Å². The van der Waals surface area contributed by atoms with Gasteiger partial charge in [-0.2, -0.15) is 0 Å². The third-order valence-corrected chi connectivity index (χ3v) is 5.34. The second kappa shape index (κ2) is 6.31. The van der Waals surface area contributed by atoms with Crippen LogP contribution in [-0.2, 0) is 0 Å². The first-order valence-corrected chi connectivity index (χ1v) is 9.72. The zero-order valence-electron chi connectivity index (χ0n) is 15.6. The summed E-state index contributed by atoms with van der Waals surface area (Å²) in [6.45, 7) is 0. The largest absolute Gasteiger partial charge is 0.355 e. The molecule has 138 valence electrons. The molecule has 3 aromatic rings. The van der Waals surface area contributed by atoms with Crippen molar-refractivity contribution in [2.24, 2.45) is 0 Å². The van der Waals surface area contributed by atoms with Crippen LogP contribution < -0.4 is 0 Å². The molecule has 0 spiro atoms. The first-order valence-electron chi connectivity index (χ1n) is 9.72. The fourth-order valence-electron chi connectivity index (χ4n) is 4.00. The number of aromatic nitrogens is 4. The van der Waals surface area contributed by atoms with E-state index in [-0.39, 0.29) is 5.92 Å². The van der Waals surface area contributed by atoms with Gasteiger partial charge in [0.2, 0.25) is 0 Å². The van der Waals surface area contributed by atoms with Crippen molar-refractivity contribution in [2.75, 3.05) is 0 Å². The summed E-state index contributed by atoms with van der Waals surface area (Å²) in [6.07, 6.45) is 16.8. The number of allylic oxidation sites excluding steroid dienone is 4. The molecule has 4 heteroatoms. The standard InChI is InChI=1S/C25H18N4/c1-2-4-16(3-1)25-23-11-9-21(28-23)14-19-7-5-17(26-19)13-18-6-8-20(27-18)15-22-10-12-24(25)29-22/h1-16,26-27H. The van der Waals surface area contributed by atoms with Gasteiger partial charge in [-0.3, -0.25) is 0 Å². The van der Waals surface area contributed by atoms with E-state index in [0.29, 0.717) is 0 Å². The number of H-pyrrole nitrogens is 2. The average molecular weight is 374 g/mol. The molecule has 2 aliphatic heterocycles. The minimum atomic E-state index is 0.183. The molecule has 3 aliphatic rings. The summed E-state index contributed by atoms with van der Waals surface area (Å²) in [5.74, 6) is 0.183. The van der Waals surface area contributed by atoms with E-state index in [9.17, 15) is 0 Å². The van der Waals surface area contributed by atoms with Gasteiger partial charge in [0.05, 0.1) is 22.8 Å². The van der Waals surface area contributed by atoms with Crippen LogP contribution in [0.4, 0.5) is 0 Å². The van der Waals surface area contributed by atoms with Gasteiger partial charge in [0.25, 0.3) is 0 Å². The number of hydrogen-bond acceptors (Lipinski definition) is 2. The maximum absolute atomic E-state index is 4.90. The van der Waals surface area contributed by atoms with Crippen LogP contribution in [0.5, 0.6) is 0 Å². The molecule has 1 aliphatic carbocycles. The number of nitrogens with one attached hydrogen (secondary N) is 2. The highest BCUT2D eigenvalue weighted by molar-refractivity contribution is 5.80. The number of fused-ring (bicyclic) bond motifs is 8. The van der Waals surface area contributed by atoms with E-state index in [4.69, 9.17) is 9.97 Å². The Kier molecular flexibility index (Phi) is 3.50. The van der Waals surface area contributed by atoms with Gasteiger partial charge in [-0.1, -0.05) is 24.3 Å². The van der Waals surface area contributed by atoms with Crippen molar-refractivity contribution in [3.63, 3.8) is 0 Å². The van der Waals surface area contributed by atoms with Gasteiger partial charge in [0, 0.05) is 33.5 Å². The molecule has 0 saturated carbocycles. The van der Waals surface area contributed by atoms with Crippen molar-refractivity contribution in [2.45, 2.75) is 5.92 Å². The Morgan fingerprint density at radius 2 is 1.07 bits per heavy atom. The first-order chi connectivity index (χ1) is 14.3. The van der Waals surface area contributed by atoms with Crippen LogP contribution in [0.2, 0.25) is 0 Å². The Morgan fingerprint density at radius 1 is 0.586 bits per heavy atom. The van der Waals surface area contributed by atoms with Crippen LogP contribution in [0.3, 0.4) is 0 Å². The topological polar surface area (TPSA) is 57.4 Å². The Balaban J connectivity index is 1.71. The molecule has 6 rings (SSSR count). The summed E-state index contributed by atoms with van der Waals surface area (Å²) in [6, 6.07) is 14.5. The summed E-state index contributed by atoms with van der Waals surface area (Å²) in [5.41, 5.74) is 9.09. The van der Waals surface area contributed by atoms with E-state index < -0.39 is 0 Å². The van der Waals surface area contributed by atoms with Crippen LogP contribution in [0.25, 0.3) is 46.4 Å². The van der Waals surface area contributed by atoms with E-state index in [1.54, 1.807) is 0 Å². The number of rotatable bonds is 1. The quantitative estimate of drug-likeness (QED) is 0.386. The molecular formula is C25H18N4. The van der Waals surface area contributed by atoms with Crippen molar-refractivity contribution < 1.29 is 0 Å². The highest BCUT2D eigenvalue weighted by Gasteiger charge is 2.18. The molecule has 0 unspecified atom stereocenters. The highest BCUT2D eigenvalue weighted by atomic mass is 14.8. The van der Waals surface area contributed by atoms with Gasteiger partial charge in [-0.25, -0.2) is 9.97 Å². The predicted molar refractivity (Wildman–Crippen MR) is 120 cm³/mol. The summed E-state index contributed by atoms with van der Waals surface area (Å²) in [5, 5.41) is 0. The summed E-state index contributed by atoms with van der Waals surface area (Å²) < 4.78 is 0. The maximum atomic E-state index is 4.90. The summed E-state index contributed by atoms with van der Waals surface area (Å²) in [7, 11) is 0. The van der Waals surface area contributed by atoms with E-state index in [0.717, 1.165) is 50.4 Å². The minimum Gasteiger partial charge on any atom is -0.355 e. The highest BCUT2D eigenvalue weighted by Crippen LogP contribution is 2.31. The van der Waals surface area contributed by atoms with Crippen LogP contribution in [-0.4, -0.2) is 19.9 Å².